The summed E-state index contributed by atoms with van der Waals surface area (Å²) in [5.41, 5.74) is 2.62. The number of carbonyl (C=O) groups excluding carboxylic acids is 2. The van der Waals surface area contributed by atoms with Crippen molar-refractivity contribution in [2.45, 2.75) is 13.2 Å². The molecule has 0 radical (unpaired) electrons. The zero-order valence-electron chi connectivity index (χ0n) is 17.2. The molecule has 3 aromatic carbocycles. The summed E-state index contributed by atoms with van der Waals surface area (Å²) < 4.78 is 8.76. The topological polar surface area (TPSA) is 46.6 Å². The third-order valence-electron chi connectivity index (χ3n) is 4.81. The number of thioether (sulfide) groups is 1. The maximum atomic E-state index is 12.9. The van der Waals surface area contributed by atoms with Crippen molar-refractivity contribution in [3.63, 3.8) is 0 Å². The van der Waals surface area contributed by atoms with Crippen molar-refractivity contribution in [1.29, 1.82) is 0 Å². The van der Waals surface area contributed by atoms with E-state index in [1.54, 1.807) is 18.2 Å². The Labute approximate surface area is 246 Å². The standard InChI is InChI=1S/C24H14BrCl2I2NO3S/c25-16-4-1-13(2-5-16)11-30-23(31)21(34-24(30)32)10-15-8-19(28)22(20(29)9-15)33-12-14-3-6-17(26)18(27)7-14/h1-10H,11-12H2/b21-10-. The lowest BCUT2D eigenvalue weighted by Gasteiger charge is -2.13. The van der Waals surface area contributed by atoms with Crippen LogP contribution in [0.1, 0.15) is 16.7 Å². The second-order valence-electron chi connectivity index (χ2n) is 7.25. The van der Waals surface area contributed by atoms with Crippen LogP contribution in [0, 0.1) is 7.14 Å². The Morgan fingerprint density at radius 2 is 1.59 bits per heavy atom. The van der Waals surface area contributed by atoms with E-state index in [-0.39, 0.29) is 17.7 Å². The van der Waals surface area contributed by atoms with Crippen LogP contribution in [0.15, 0.2) is 64.0 Å². The molecule has 0 N–H and O–H groups in total. The van der Waals surface area contributed by atoms with Crippen LogP contribution in [0.3, 0.4) is 0 Å². The zero-order chi connectivity index (χ0) is 24.4. The Balaban J connectivity index is 1.49. The van der Waals surface area contributed by atoms with Gasteiger partial charge in [0.2, 0.25) is 0 Å². The Kier molecular flexibility index (Phi) is 8.90. The van der Waals surface area contributed by atoms with Gasteiger partial charge in [-0.1, -0.05) is 57.3 Å². The Morgan fingerprint density at radius 3 is 2.24 bits per heavy atom. The smallest absolute Gasteiger partial charge is 0.293 e. The molecule has 1 saturated heterocycles. The van der Waals surface area contributed by atoms with Gasteiger partial charge in [-0.3, -0.25) is 14.5 Å². The first-order valence-electron chi connectivity index (χ1n) is 9.77. The minimum absolute atomic E-state index is 0.242. The molecule has 34 heavy (non-hydrogen) atoms. The highest BCUT2D eigenvalue weighted by Gasteiger charge is 2.35. The van der Waals surface area contributed by atoms with Crippen LogP contribution in [0.2, 0.25) is 10.0 Å². The van der Waals surface area contributed by atoms with E-state index in [0.29, 0.717) is 21.6 Å². The number of imide groups is 1. The number of nitrogens with zero attached hydrogens (tertiary/aromatic N) is 1. The summed E-state index contributed by atoms with van der Waals surface area (Å²) in [4.78, 5) is 27.1. The molecular formula is C24H14BrCl2I2NO3S. The van der Waals surface area contributed by atoms with E-state index in [1.807, 2.05) is 42.5 Å². The quantitative estimate of drug-likeness (QED) is 0.185. The van der Waals surface area contributed by atoms with E-state index in [1.165, 1.54) is 4.90 Å². The lowest BCUT2D eigenvalue weighted by molar-refractivity contribution is -0.123. The lowest BCUT2D eigenvalue weighted by Crippen LogP contribution is -2.27. The van der Waals surface area contributed by atoms with Crippen molar-refractivity contribution >= 4 is 113 Å². The number of carbonyl (C=O) groups is 2. The second-order valence-corrected chi connectivity index (χ2v) is 12.3. The molecule has 1 heterocycles. The van der Waals surface area contributed by atoms with Gasteiger partial charge >= 0.3 is 0 Å². The van der Waals surface area contributed by atoms with Crippen molar-refractivity contribution in [2.24, 2.45) is 0 Å². The highest BCUT2D eigenvalue weighted by molar-refractivity contribution is 14.1. The second kappa shape index (κ2) is 11.5. The molecule has 2 amide bonds. The van der Waals surface area contributed by atoms with E-state index in [0.717, 1.165) is 45.8 Å². The molecule has 174 valence electrons. The first kappa shape index (κ1) is 26.3. The zero-order valence-corrected chi connectivity index (χ0v) is 25.4. The maximum Gasteiger partial charge on any atom is 0.293 e. The molecule has 4 nitrogen and oxygen atoms in total. The van der Waals surface area contributed by atoms with Gasteiger partial charge in [-0.15, -0.1) is 0 Å². The van der Waals surface area contributed by atoms with E-state index in [4.69, 9.17) is 27.9 Å². The summed E-state index contributed by atoms with van der Waals surface area (Å²) in [5.74, 6) is 0.454. The van der Waals surface area contributed by atoms with Crippen LogP contribution in [-0.2, 0) is 17.9 Å². The summed E-state index contributed by atoms with van der Waals surface area (Å²) in [6, 6.07) is 16.8. The van der Waals surface area contributed by atoms with Crippen LogP contribution in [0.25, 0.3) is 6.08 Å². The number of ether oxygens (including phenoxy) is 1. The molecule has 3 aromatic rings. The fourth-order valence-electron chi connectivity index (χ4n) is 3.15. The molecule has 4 rings (SSSR count). The summed E-state index contributed by atoms with van der Waals surface area (Å²) >= 11 is 20.8. The van der Waals surface area contributed by atoms with Crippen molar-refractivity contribution in [2.75, 3.05) is 0 Å². The molecule has 0 saturated carbocycles. The molecular weight excluding hydrogens is 787 g/mol. The molecule has 0 aliphatic carbocycles. The number of hydrogen-bond acceptors (Lipinski definition) is 4. The van der Waals surface area contributed by atoms with Crippen LogP contribution in [0.5, 0.6) is 5.75 Å². The Hall–Kier alpha value is -0.790. The molecule has 0 unspecified atom stereocenters. The van der Waals surface area contributed by atoms with Gasteiger partial charge in [0.25, 0.3) is 11.1 Å². The van der Waals surface area contributed by atoms with Crippen molar-refractivity contribution in [3.05, 3.63) is 97.9 Å². The number of amides is 2. The first-order valence-corrected chi connectivity index (χ1v) is 14.3. The molecule has 0 bridgehead atoms. The van der Waals surface area contributed by atoms with Gasteiger partial charge in [0, 0.05) is 4.47 Å². The normalized spacial score (nSPS) is 14.9. The van der Waals surface area contributed by atoms with Crippen molar-refractivity contribution < 1.29 is 14.3 Å². The van der Waals surface area contributed by atoms with Gasteiger partial charge in [-0.25, -0.2) is 0 Å². The number of benzene rings is 3. The van der Waals surface area contributed by atoms with E-state index < -0.39 is 0 Å². The van der Waals surface area contributed by atoms with Gasteiger partial charge in [0.1, 0.15) is 12.4 Å². The van der Waals surface area contributed by atoms with Crippen LogP contribution < -0.4 is 4.74 Å². The predicted octanol–water partition coefficient (Wildman–Crippen LogP) is 8.78. The van der Waals surface area contributed by atoms with E-state index in [2.05, 4.69) is 61.1 Å². The average molecular weight is 801 g/mol. The Morgan fingerprint density at radius 1 is 0.941 bits per heavy atom. The summed E-state index contributed by atoms with van der Waals surface area (Å²) in [6.45, 7) is 0.586. The van der Waals surface area contributed by atoms with Crippen LogP contribution >= 0.6 is 96.1 Å². The highest BCUT2D eigenvalue weighted by atomic mass is 127. The summed E-state index contributed by atoms with van der Waals surface area (Å²) in [7, 11) is 0. The first-order chi connectivity index (χ1) is 16.2. The number of halogens is 5. The number of hydrogen-bond donors (Lipinski definition) is 0. The van der Waals surface area contributed by atoms with E-state index in [9.17, 15) is 9.59 Å². The largest absolute Gasteiger partial charge is 0.487 e. The fourth-order valence-corrected chi connectivity index (χ4v) is 6.70. The molecule has 1 fully saturated rings. The fraction of sp³-hybridized carbons (Fsp3) is 0.0833. The van der Waals surface area contributed by atoms with Gasteiger partial charge < -0.3 is 4.74 Å². The Bertz CT molecular complexity index is 1300. The molecule has 10 heteroatoms. The third-order valence-corrected chi connectivity index (χ3v) is 8.59. The average Bonchev–Trinajstić information content (AvgIpc) is 3.04. The molecule has 0 spiro atoms. The maximum absolute atomic E-state index is 12.9. The van der Waals surface area contributed by atoms with Gasteiger partial charge in [0.15, 0.2) is 0 Å². The molecule has 0 aromatic heterocycles. The van der Waals surface area contributed by atoms with Gasteiger partial charge in [0.05, 0.1) is 28.6 Å². The molecule has 1 aliphatic rings. The SMILES string of the molecule is O=C1S/C(=C\c2cc(I)c(OCc3ccc(Cl)c(Cl)c3)c(I)c2)C(=O)N1Cc1ccc(Br)cc1. The van der Waals surface area contributed by atoms with Crippen molar-refractivity contribution in [1.82, 2.24) is 4.90 Å². The summed E-state index contributed by atoms with van der Waals surface area (Å²) in [5, 5.41) is 0.710. The highest BCUT2D eigenvalue weighted by Crippen LogP contribution is 2.36. The minimum Gasteiger partial charge on any atom is -0.487 e. The predicted molar refractivity (Wildman–Crippen MR) is 158 cm³/mol. The molecule has 1 aliphatic heterocycles. The van der Waals surface area contributed by atoms with Gasteiger partial charge in [-0.05, 0) is 116 Å². The van der Waals surface area contributed by atoms with Crippen LogP contribution in [0.4, 0.5) is 4.79 Å². The lowest BCUT2D eigenvalue weighted by atomic mass is 10.2. The van der Waals surface area contributed by atoms with Gasteiger partial charge in [-0.2, -0.15) is 0 Å². The van der Waals surface area contributed by atoms with Crippen molar-refractivity contribution in [3.8, 4) is 5.75 Å². The number of rotatable bonds is 6. The third kappa shape index (κ3) is 6.31. The summed E-state index contributed by atoms with van der Waals surface area (Å²) in [6.07, 6.45) is 1.75. The minimum atomic E-state index is -0.289. The van der Waals surface area contributed by atoms with Crippen LogP contribution in [-0.4, -0.2) is 16.0 Å². The van der Waals surface area contributed by atoms with E-state index >= 15 is 0 Å². The molecule has 0 atom stereocenters. The monoisotopic (exact) mass is 799 g/mol.